The third-order valence-corrected chi connectivity index (χ3v) is 3.55. The smallest absolute Gasteiger partial charge is 0.344 e. The molecular formula is C13H6N4O6S. The minimum absolute atomic E-state index is 0.148. The van der Waals surface area contributed by atoms with Crippen LogP contribution in [0.1, 0.15) is 10.4 Å². The minimum Gasteiger partial charge on any atom is -0.423 e. The van der Waals surface area contributed by atoms with E-state index in [2.05, 4.69) is 8.75 Å². The van der Waals surface area contributed by atoms with Crippen LogP contribution in [0.25, 0.3) is 11.0 Å². The maximum absolute atomic E-state index is 12.1. The van der Waals surface area contributed by atoms with Gasteiger partial charge in [0.2, 0.25) is 0 Å². The highest BCUT2D eigenvalue weighted by Crippen LogP contribution is 2.25. The van der Waals surface area contributed by atoms with E-state index >= 15 is 0 Å². The van der Waals surface area contributed by atoms with Crippen molar-refractivity contribution in [3.63, 3.8) is 0 Å². The Labute approximate surface area is 136 Å². The zero-order chi connectivity index (χ0) is 17.3. The normalized spacial score (nSPS) is 10.5. The highest BCUT2D eigenvalue weighted by Gasteiger charge is 2.21. The van der Waals surface area contributed by atoms with Crippen LogP contribution < -0.4 is 4.74 Å². The summed E-state index contributed by atoms with van der Waals surface area (Å²) in [6.07, 6.45) is 0. The van der Waals surface area contributed by atoms with Crippen molar-refractivity contribution in [2.45, 2.75) is 0 Å². The van der Waals surface area contributed by atoms with E-state index in [0.29, 0.717) is 11.0 Å². The highest BCUT2D eigenvalue weighted by atomic mass is 32.1. The number of nitro benzene ring substituents is 2. The minimum atomic E-state index is -0.954. The molecule has 0 aliphatic heterocycles. The van der Waals surface area contributed by atoms with Gasteiger partial charge in [-0.05, 0) is 12.1 Å². The number of hydrogen-bond acceptors (Lipinski definition) is 9. The van der Waals surface area contributed by atoms with E-state index in [4.69, 9.17) is 4.74 Å². The first-order valence-corrected chi connectivity index (χ1v) is 7.05. The Balaban J connectivity index is 1.93. The summed E-state index contributed by atoms with van der Waals surface area (Å²) in [5, 5.41) is 21.7. The molecule has 0 amide bonds. The van der Waals surface area contributed by atoms with Crippen LogP contribution in [-0.4, -0.2) is 24.6 Å². The molecule has 0 unspecified atom stereocenters. The molecule has 0 saturated carbocycles. The van der Waals surface area contributed by atoms with Gasteiger partial charge < -0.3 is 4.74 Å². The molecule has 24 heavy (non-hydrogen) atoms. The van der Waals surface area contributed by atoms with Crippen molar-refractivity contribution in [1.29, 1.82) is 0 Å². The number of esters is 1. The largest absolute Gasteiger partial charge is 0.423 e. The van der Waals surface area contributed by atoms with E-state index in [1.807, 2.05) is 0 Å². The Morgan fingerprint density at radius 1 is 0.958 bits per heavy atom. The first-order chi connectivity index (χ1) is 11.4. The number of hydrogen-bond donors (Lipinski definition) is 0. The van der Waals surface area contributed by atoms with Gasteiger partial charge >= 0.3 is 5.97 Å². The predicted octanol–water partition coefficient (Wildman–Crippen LogP) is 2.73. The molecule has 0 aliphatic rings. The molecule has 11 heteroatoms. The first-order valence-electron chi connectivity index (χ1n) is 6.32. The van der Waals surface area contributed by atoms with Crippen molar-refractivity contribution in [3.8, 4) is 5.75 Å². The fraction of sp³-hybridized carbons (Fsp3) is 0. The number of nitrogens with zero attached hydrogens (tertiary/aromatic N) is 4. The molecule has 3 aromatic rings. The Morgan fingerprint density at radius 2 is 1.58 bits per heavy atom. The van der Waals surface area contributed by atoms with Crippen LogP contribution in [0, 0.1) is 20.2 Å². The lowest BCUT2D eigenvalue weighted by Gasteiger charge is -2.04. The average Bonchev–Trinajstić information content (AvgIpc) is 3.01. The summed E-state index contributed by atoms with van der Waals surface area (Å²) in [4.78, 5) is 32.2. The van der Waals surface area contributed by atoms with Gasteiger partial charge in [-0.3, -0.25) is 20.2 Å². The third kappa shape index (κ3) is 3.01. The molecule has 0 spiro atoms. The van der Waals surface area contributed by atoms with Crippen LogP contribution in [-0.2, 0) is 0 Å². The molecule has 1 aromatic heterocycles. The number of rotatable bonds is 4. The molecule has 3 rings (SSSR count). The van der Waals surface area contributed by atoms with Gasteiger partial charge in [0.05, 0.1) is 33.2 Å². The summed E-state index contributed by atoms with van der Waals surface area (Å²) >= 11 is 0.997. The lowest BCUT2D eigenvalue weighted by molar-refractivity contribution is -0.394. The van der Waals surface area contributed by atoms with Gasteiger partial charge in [-0.25, -0.2) is 4.79 Å². The lowest BCUT2D eigenvalue weighted by atomic mass is 10.2. The summed E-state index contributed by atoms with van der Waals surface area (Å²) in [6, 6.07) is 7.15. The zero-order valence-corrected chi connectivity index (χ0v) is 12.4. The second-order valence-corrected chi connectivity index (χ2v) is 5.09. The van der Waals surface area contributed by atoms with Crippen molar-refractivity contribution in [2.75, 3.05) is 0 Å². The summed E-state index contributed by atoms with van der Waals surface area (Å²) in [5.74, 6) is -0.807. The quantitative estimate of drug-likeness (QED) is 0.304. The number of non-ortho nitro benzene ring substituents is 2. The van der Waals surface area contributed by atoms with Crippen LogP contribution in [0.5, 0.6) is 5.75 Å². The first kappa shape index (κ1) is 15.4. The maximum atomic E-state index is 12.1. The molecule has 0 fully saturated rings. The average molecular weight is 346 g/mol. The van der Waals surface area contributed by atoms with Crippen LogP contribution in [0.4, 0.5) is 11.4 Å². The topological polar surface area (TPSA) is 138 Å². The van der Waals surface area contributed by atoms with Gasteiger partial charge in [-0.15, -0.1) is 0 Å². The molecule has 10 nitrogen and oxygen atoms in total. The molecule has 1 heterocycles. The molecule has 0 atom stereocenters. The van der Waals surface area contributed by atoms with Crippen molar-refractivity contribution < 1.29 is 19.4 Å². The van der Waals surface area contributed by atoms with Gasteiger partial charge in [-0.2, -0.15) is 8.75 Å². The fourth-order valence-corrected chi connectivity index (χ4v) is 2.43. The summed E-state index contributed by atoms with van der Waals surface area (Å²) in [7, 11) is 0. The molecule has 0 saturated heterocycles. The molecule has 120 valence electrons. The summed E-state index contributed by atoms with van der Waals surface area (Å²) < 4.78 is 13.1. The Kier molecular flexibility index (Phi) is 3.83. The molecule has 0 aliphatic carbocycles. The maximum Gasteiger partial charge on any atom is 0.344 e. The monoisotopic (exact) mass is 346 g/mol. The van der Waals surface area contributed by atoms with E-state index in [-0.39, 0.29) is 11.3 Å². The van der Waals surface area contributed by atoms with Crippen LogP contribution in [0.15, 0.2) is 36.4 Å². The highest BCUT2D eigenvalue weighted by molar-refractivity contribution is 7.00. The van der Waals surface area contributed by atoms with Crippen LogP contribution in [0.3, 0.4) is 0 Å². The molecule has 0 bridgehead atoms. The third-order valence-electron chi connectivity index (χ3n) is 3.00. The van der Waals surface area contributed by atoms with E-state index in [1.54, 1.807) is 6.07 Å². The number of carbonyl (C=O) groups is 1. The van der Waals surface area contributed by atoms with Gasteiger partial charge in [0.15, 0.2) is 0 Å². The standard InChI is InChI=1S/C13H6N4O6S/c18-13(23-10-1-2-11-12(6-10)15-24-14-11)7-3-8(16(19)20)5-9(4-7)17(21)22/h1-6H. The van der Waals surface area contributed by atoms with Crippen molar-refractivity contribution >= 4 is 40.1 Å². The van der Waals surface area contributed by atoms with Gasteiger partial charge in [-0.1, -0.05) is 0 Å². The molecule has 0 radical (unpaired) electrons. The zero-order valence-electron chi connectivity index (χ0n) is 11.6. The van der Waals surface area contributed by atoms with E-state index < -0.39 is 27.2 Å². The molecule has 2 aromatic carbocycles. The van der Waals surface area contributed by atoms with Gasteiger partial charge in [0.1, 0.15) is 16.8 Å². The van der Waals surface area contributed by atoms with Gasteiger partial charge in [0, 0.05) is 18.2 Å². The number of aromatic nitrogens is 2. The number of carbonyl (C=O) groups excluding carboxylic acids is 1. The van der Waals surface area contributed by atoms with Gasteiger partial charge in [0.25, 0.3) is 11.4 Å². The lowest BCUT2D eigenvalue weighted by Crippen LogP contribution is -2.09. The van der Waals surface area contributed by atoms with E-state index in [1.165, 1.54) is 12.1 Å². The van der Waals surface area contributed by atoms with Crippen molar-refractivity contribution in [3.05, 3.63) is 62.2 Å². The fourth-order valence-electron chi connectivity index (χ4n) is 1.92. The van der Waals surface area contributed by atoms with Crippen molar-refractivity contribution in [2.24, 2.45) is 0 Å². The predicted molar refractivity (Wildman–Crippen MR) is 82.1 cm³/mol. The Bertz CT molecular complexity index is 953. The van der Waals surface area contributed by atoms with Crippen LogP contribution in [0.2, 0.25) is 0 Å². The SMILES string of the molecule is O=C(Oc1ccc2nsnc2c1)c1cc([N+](=O)[O-])cc([N+](=O)[O-])c1. The summed E-state index contributed by atoms with van der Waals surface area (Å²) in [6.45, 7) is 0. The van der Waals surface area contributed by atoms with E-state index in [0.717, 1.165) is 29.9 Å². The van der Waals surface area contributed by atoms with Crippen LogP contribution >= 0.6 is 11.7 Å². The second kappa shape index (κ2) is 5.96. The van der Waals surface area contributed by atoms with E-state index in [9.17, 15) is 25.0 Å². The molecule has 0 N–H and O–H groups in total. The Morgan fingerprint density at radius 3 is 2.21 bits per heavy atom. The number of nitro groups is 2. The van der Waals surface area contributed by atoms with Crippen molar-refractivity contribution in [1.82, 2.24) is 8.75 Å². The number of ether oxygens (including phenoxy) is 1. The number of fused-ring (bicyclic) bond motifs is 1. The molecular weight excluding hydrogens is 340 g/mol. The summed E-state index contributed by atoms with van der Waals surface area (Å²) in [5.41, 5.74) is -0.292. The second-order valence-electron chi connectivity index (χ2n) is 4.56. The number of benzene rings is 2. The Hall–Kier alpha value is -3.47.